The number of rotatable bonds is 9. The van der Waals surface area contributed by atoms with Crippen molar-refractivity contribution in [1.29, 1.82) is 0 Å². The van der Waals surface area contributed by atoms with Crippen LogP contribution in [0.2, 0.25) is 0 Å². The third kappa shape index (κ3) is 4.12. The van der Waals surface area contributed by atoms with Gasteiger partial charge < -0.3 is 33.8 Å². The van der Waals surface area contributed by atoms with E-state index in [1.165, 1.54) is 0 Å². The molecule has 0 unspecified atom stereocenters. The first-order chi connectivity index (χ1) is 16.1. The van der Waals surface area contributed by atoms with Crippen molar-refractivity contribution >= 4 is 11.1 Å². The van der Waals surface area contributed by atoms with Crippen LogP contribution in [0.3, 0.4) is 0 Å². The summed E-state index contributed by atoms with van der Waals surface area (Å²) in [5.74, 6) is 2.99. The Hall–Kier alpha value is -3.91. The third-order valence-corrected chi connectivity index (χ3v) is 5.28. The van der Waals surface area contributed by atoms with E-state index < -0.39 is 0 Å². The first-order valence-corrected chi connectivity index (χ1v) is 10.3. The topological polar surface area (TPSA) is 98.2 Å². The van der Waals surface area contributed by atoms with Crippen molar-refractivity contribution in [2.45, 2.75) is 0 Å². The molecule has 8 heteroatoms. The van der Waals surface area contributed by atoms with Gasteiger partial charge in [0.25, 0.3) is 0 Å². The average molecular weight is 450 g/mol. The van der Waals surface area contributed by atoms with Crippen LogP contribution in [-0.4, -0.2) is 46.6 Å². The van der Waals surface area contributed by atoms with Crippen LogP contribution < -0.4 is 29.4 Å². The summed E-state index contributed by atoms with van der Waals surface area (Å²) in [5, 5.41) is 0. The largest absolute Gasteiger partial charge is 0.496 e. The number of fused-ring (bicyclic) bond motifs is 1. The van der Waals surface area contributed by atoms with E-state index in [1.807, 2.05) is 36.4 Å². The fraction of sp³-hybridized carbons (Fsp3) is 0.240. The number of furan rings is 1. The fourth-order valence-electron chi connectivity index (χ4n) is 3.75. The Bertz CT molecular complexity index is 1240. The van der Waals surface area contributed by atoms with Gasteiger partial charge in [0.2, 0.25) is 5.75 Å². The monoisotopic (exact) mass is 450 g/mol. The van der Waals surface area contributed by atoms with E-state index in [-0.39, 0.29) is 0 Å². The van der Waals surface area contributed by atoms with Crippen LogP contribution >= 0.6 is 0 Å². The van der Waals surface area contributed by atoms with E-state index in [1.54, 1.807) is 40.9 Å². The zero-order valence-electron chi connectivity index (χ0n) is 19.0. The molecule has 8 nitrogen and oxygen atoms in total. The number of hydrogen-bond donors (Lipinski definition) is 1. The molecule has 2 aromatic heterocycles. The van der Waals surface area contributed by atoms with E-state index in [0.29, 0.717) is 53.0 Å². The smallest absolute Gasteiger partial charge is 0.203 e. The third-order valence-electron chi connectivity index (χ3n) is 5.28. The zero-order valence-corrected chi connectivity index (χ0v) is 19.0. The minimum absolute atomic E-state index is 0.420. The summed E-state index contributed by atoms with van der Waals surface area (Å²) in [6.45, 7) is 0.848. The van der Waals surface area contributed by atoms with Crippen molar-refractivity contribution in [1.82, 2.24) is 4.98 Å². The van der Waals surface area contributed by atoms with Gasteiger partial charge in [0.1, 0.15) is 29.9 Å². The van der Waals surface area contributed by atoms with Gasteiger partial charge in [-0.15, -0.1) is 0 Å². The molecule has 2 aromatic carbocycles. The number of ether oxygens (including phenoxy) is 5. The summed E-state index contributed by atoms with van der Waals surface area (Å²) in [6, 6.07) is 11.2. The highest BCUT2D eigenvalue weighted by Gasteiger charge is 2.20. The van der Waals surface area contributed by atoms with Crippen LogP contribution in [0.15, 0.2) is 53.3 Å². The molecule has 0 bridgehead atoms. The van der Waals surface area contributed by atoms with Gasteiger partial charge in [-0.2, -0.15) is 0 Å². The van der Waals surface area contributed by atoms with E-state index in [9.17, 15) is 0 Å². The molecule has 0 spiro atoms. The highest BCUT2D eigenvalue weighted by Crippen LogP contribution is 2.44. The average Bonchev–Trinajstić information content (AvgIpc) is 3.30. The van der Waals surface area contributed by atoms with E-state index in [2.05, 4.69) is 4.98 Å². The lowest BCUT2D eigenvalue weighted by Gasteiger charge is -2.14. The maximum Gasteiger partial charge on any atom is 0.203 e. The summed E-state index contributed by atoms with van der Waals surface area (Å²) in [7, 11) is 6.36. The number of nitrogens with zero attached hydrogens (tertiary/aromatic N) is 1. The van der Waals surface area contributed by atoms with Crippen LogP contribution in [0.25, 0.3) is 33.4 Å². The van der Waals surface area contributed by atoms with Crippen LogP contribution in [0, 0.1) is 0 Å². The molecule has 4 aromatic rings. The van der Waals surface area contributed by atoms with Crippen molar-refractivity contribution in [3.63, 3.8) is 0 Å². The summed E-state index contributed by atoms with van der Waals surface area (Å²) < 4.78 is 33.8. The molecule has 0 saturated heterocycles. The molecule has 0 fully saturated rings. The Morgan fingerprint density at radius 3 is 2.18 bits per heavy atom. The molecule has 172 valence electrons. The lowest BCUT2D eigenvalue weighted by molar-refractivity contribution is 0.324. The second-order valence-electron chi connectivity index (χ2n) is 7.10. The molecule has 33 heavy (non-hydrogen) atoms. The minimum atomic E-state index is 0.420. The Morgan fingerprint density at radius 2 is 1.55 bits per heavy atom. The fourth-order valence-corrected chi connectivity index (χ4v) is 3.75. The SMILES string of the molecule is COc1ccc(OCCN)cc1-c1ccnc2c(-c3cc(OC)c(OC)c(OC)c3)coc12. The van der Waals surface area contributed by atoms with Gasteiger partial charge in [-0.25, -0.2) is 0 Å². The van der Waals surface area contributed by atoms with E-state index >= 15 is 0 Å². The number of methoxy groups -OCH3 is 4. The lowest BCUT2D eigenvalue weighted by Crippen LogP contribution is -2.10. The Balaban J connectivity index is 1.87. The second-order valence-corrected chi connectivity index (χ2v) is 7.10. The van der Waals surface area contributed by atoms with Crippen LogP contribution in [0.4, 0.5) is 0 Å². The molecular formula is C25H26N2O6. The standard InChI is InChI=1S/C25H26N2O6/c1-28-20-6-5-16(32-10-8-26)13-18(20)17-7-9-27-23-19(14-33-24(17)23)15-11-21(29-2)25(31-4)22(12-15)30-3/h5-7,9,11-14H,8,10,26H2,1-4H3. The zero-order chi connectivity index (χ0) is 23.4. The van der Waals surface area contributed by atoms with Gasteiger partial charge >= 0.3 is 0 Å². The normalized spacial score (nSPS) is 10.8. The van der Waals surface area contributed by atoms with Crippen LogP contribution in [0.1, 0.15) is 0 Å². The summed E-state index contributed by atoms with van der Waals surface area (Å²) in [4.78, 5) is 4.59. The number of nitrogens with two attached hydrogens (primary N) is 1. The summed E-state index contributed by atoms with van der Waals surface area (Å²) in [5.41, 5.74) is 10.2. The first-order valence-electron chi connectivity index (χ1n) is 10.3. The van der Waals surface area contributed by atoms with Gasteiger partial charge in [-0.1, -0.05) is 0 Å². The molecular weight excluding hydrogens is 424 g/mol. The molecule has 0 aliphatic heterocycles. The molecule has 0 atom stereocenters. The van der Waals surface area contributed by atoms with Crippen molar-refractivity contribution in [3.8, 4) is 51.0 Å². The molecule has 4 rings (SSSR count). The van der Waals surface area contributed by atoms with Crippen LogP contribution in [-0.2, 0) is 0 Å². The lowest BCUT2D eigenvalue weighted by atomic mass is 10.0. The maximum atomic E-state index is 6.02. The number of benzene rings is 2. The predicted molar refractivity (Wildman–Crippen MR) is 126 cm³/mol. The van der Waals surface area contributed by atoms with Crippen molar-refractivity contribution in [2.24, 2.45) is 5.73 Å². The van der Waals surface area contributed by atoms with E-state index in [4.69, 9.17) is 33.8 Å². The Kier molecular flexibility index (Phi) is 6.55. The predicted octanol–water partition coefficient (Wildman–Crippen LogP) is 4.53. The Labute approximate surface area is 191 Å². The number of hydrogen-bond acceptors (Lipinski definition) is 8. The van der Waals surface area contributed by atoms with Crippen molar-refractivity contribution < 1.29 is 28.1 Å². The summed E-state index contributed by atoms with van der Waals surface area (Å²) >= 11 is 0. The molecule has 2 N–H and O–H groups in total. The molecule has 0 amide bonds. The molecule has 0 aliphatic rings. The minimum Gasteiger partial charge on any atom is -0.496 e. The van der Waals surface area contributed by atoms with E-state index in [0.717, 1.165) is 22.3 Å². The number of pyridine rings is 1. The maximum absolute atomic E-state index is 6.02. The van der Waals surface area contributed by atoms with Gasteiger partial charge in [-0.05, 0) is 42.0 Å². The highest BCUT2D eigenvalue weighted by molar-refractivity contribution is 6.00. The highest BCUT2D eigenvalue weighted by atomic mass is 16.5. The van der Waals surface area contributed by atoms with Crippen molar-refractivity contribution in [3.05, 3.63) is 48.9 Å². The molecule has 2 heterocycles. The van der Waals surface area contributed by atoms with Gasteiger partial charge in [0, 0.05) is 29.4 Å². The van der Waals surface area contributed by atoms with Crippen molar-refractivity contribution in [2.75, 3.05) is 41.6 Å². The van der Waals surface area contributed by atoms with Gasteiger partial charge in [0.15, 0.2) is 17.1 Å². The molecule has 0 saturated carbocycles. The van der Waals surface area contributed by atoms with Crippen LogP contribution in [0.5, 0.6) is 28.7 Å². The molecule has 0 radical (unpaired) electrons. The number of aromatic nitrogens is 1. The Morgan fingerprint density at radius 1 is 0.818 bits per heavy atom. The molecule has 0 aliphatic carbocycles. The van der Waals surface area contributed by atoms with Gasteiger partial charge in [0.05, 0.1) is 28.4 Å². The second kappa shape index (κ2) is 9.70. The quantitative estimate of drug-likeness (QED) is 0.397. The first kappa shape index (κ1) is 22.3. The van der Waals surface area contributed by atoms with Gasteiger partial charge in [-0.3, -0.25) is 4.98 Å². The summed E-state index contributed by atoms with van der Waals surface area (Å²) in [6.07, 6.45) is 3.41.